The fourth-order valence-electron chi connectivity index (χ4n) is 8.08. The van der Waals surface area contributed by atoms with Crippen LogP contribution in [0.15, 0.2) is 109 Å². The predicted octanol–water partition coefficient (Wildman–Crippen LogP) is 11.5. The highest BCUT2D eigenvalue weighted by Gasteiger charge is 2.43. The number of thiophene rings is 1. The van der Waals surface area contributed by atoms with E-state index in [1.54, 1.807) is 0 Å². The average Bonchev–Trinajstić information content (AvgIpc) is 3.59. The maximum atomic E-state index is 2.55. The van der Waals surface area contributed by atoms with E-state index in [0.29, 0.717) is 0 Å². The van der Waals surface area contributed by atoms with Gasteiger partial charge in [0.25, 0.3) is 0 Å². The minimum absolute atomic E-state index is 0.0823. The molecule has 1 heterocycles. The van der Waals surface area contributed by atoms with Crippen LogP contribution < -0.4 is 0 Å². The summed E-state index contributed by atoms with van der Waals surface area (Å²) in [7, 11) is 0. The Kier molecular flexibility index (Phi) is 4.44. The molecule has 0 amide bonds. The molecule has 0 aliphatic heterocycles. The molecule has 0 radical (unpaired) electrons. The highest BCUT2D eigenvalue weighted by Crippen LogP contribution is 2.59. The van der Waals surface area contributed by atoms with Gasteiger partial charge in [-0.05, 0) is 101 Å². The van der Waals surface area contributed by atoms with E-state index in [0.717, 1.165) is 0 Å². The number of rotatable bonds is 1. The zero-order valence-corrected chi connectivity index (χ0v) is 24.6. The maximum Gasteiger partial charge on any atom is 0.0349 e. The van der Waals surface area contributed by atoms with Crippen molar-refractivity contribution in [3.8, 4) is 33.4 Å². The van der Waals surface area contributed by atoms with Gasteiger partial charge in [-0.1, -0.05) is 107 Å². The van der Waals surface area contributed by atoms with Gasteiger partial charge in [-0.3, -0.25) is 0 Å². The highest BCUT2D eigenvalue weighted by molar-refractivity contribution is 7.17. The fraction of sp³-hybridized carbons (Fsp3) is 0.150. The Morgan fingerprint density at radius 1 is 0.463 bits per heavy atom. The molecule has 1 aromatic heterocycles. The van der Waals surface area contributed by atoms with Gasteiger partial charge in [0, 0.05) is 26.5 Å². The third-order valence-electron chi connectivity index (χ3n) is 10.1. The molecule has 2 aliphatic carbocycles. The van der Waals surface area contributed by atoms with Crippen LogP contribution in [-0.4, -0.2) is 0 Å². The standard InChI is InChI=1S/C40H30S/c1-39(2)33-19-23(32-22-41-36-16-10-9-13-27(32)36)17-18-26(33)30-20-35-31(21-34(30)39)37-28-14-7-5-11-24(28)25-12-6-8-15-29(25)38(37)40(35,3)4/h5-22H,1-4H3. The summed E-state index contributed by atoms with van der Waals surface area (Å²) in [4.78, 5) is 0. The second-order valence-electron chi connectivity index (χ2n) is 12.9. The van der Waals surface area contributed by atoms with Gasteiger partial charge in [-0.15, -0.1) is 11.3 Å². The SMILES string of the molecule is CC1(C)c2cc(-c3csc4ccccc34)ccc2-c2cc3c(cc21)-c1c(c2ccccc2c2ccccc12)C3(C)C. The van der Waals surface area contributed by atoms with Gasteiger partial charge in [-0.25, -0.2) is 0 Å². The molecule has 0 atom stereocenters. The van der Waals surface area contributed by atoms with Crippen molar-refractivity contribution in [2.24, 2.45) is 0 Å². The van der Waals surface area contributed by atoms with E-state index in [1.807, 2.05) is 11.3 Å². The number of benzene rings is 6. The Hall–Kier alpha value is -4.20. The van der Waals surface area contributed by atoms with Gasteiger partial charge in [0.15, 0.2) is 0 Å². The van der Waals surface area contributed by atoms with Crippen LogP contribution >= 0.6 is 11.3 Å². The first-order valence-corrected chi connectivity index (χ1v) is 15.5. The van der Waals surface area contributed by atoms with Crippen LogP contribution in [0.2, 0.25) is 0 Å². The Morgan fingerprint density at radius 2 is 1.05 bits per heavy atom. The van der Waals surface area contributed by atoms with E-state index in [-0.39, 0.29) is 10.8 Å². The van der Waals surface area contributed by atoms with Crippen molar-refractivity contribution < 1.29 is 0 Å². The Balaban J connectivity index is 1.30. The van der Waals surface area contributed by atoms with E-state index >= 15 is 0 Å². The molecule has 0 spiro atoms. The molecule has 0 nitrogen and oxygen atoms in total. The Bertz CT molecular complexity index is 2260. The second-order valence-corrected chi connectivity index (χ2v) is 13.9. The first-order valence-electron chi connectivity index (χ1n) is 14.6. The molecule has 7 aromatic rings. The molecule has 6 aromatic carbocycles. The third-order valence-corrected chi connectivity index (χ3v) is 11.1. The molecule has 1 heteroatoms. The first-order chi connectivity index (χ1) is 19.9. The van der Waals surface area contributed by atoms with Crippen LogP contribution in [0.3, 0.4) is 0 Å². The monoisotopic (exact) mass is 542 g/mol. The van der Waals surface area contributed by atoms with Crippen molar-refractivity contribution in [2.45, 2.75) is 38.5 Å². The van der Waals surface area contributed by atoms with Crippen molar-refractivity contribution in [3.63, 3.8) is 0 Å². The smallest absolute Gasteiger partial charge is 0.0349 e. The van der Waals surface area contributed by atoms with Crippen molar-refractivity contribution >= 4 is 43.0 Å². The lowest BCUT2D eigenvalue weighted by Gasteiger charge is -2.25. The van der Waals surface area contributed by atoms with Crippen molar-refractivity contribution in [3.05, 3.63) is 131 Å². The molecule has 0 bridgehead atoms. The zero-order valence-electron chi connectivity index (χ0n) is 23.8. The van der Waals surface area contributed by atoms with E-state index < -0.39 is 0 Å². The van der Waals surface area contributed by atoms with Gasteiger partial charge in [-0.2, -0.15) is 0 Å². The zero-order chi connectivity index (χ0) is 27.7. The Labute approximate surface area is 244 Å². The van der Waals surface area contributed by atoms with Crippen LogP contribution in [0.5, 0.6) is 0 Å². The van der Waals surface area contributed by atoms with Gasteiger partial charge < -0.3 is 0 Å². The normalized spacial score (nSPS) is 15.7. The molecule has 196 valence electrons. The summed E-state index contributed by atoms with van der Waals surface area (Å²) in [6.07, 6.45) is 0. The molecule has 0 saturated carbocycles. The summed E-state index contributed by atoms with van der Waals surface area (Å²) < 4.78 is 1.35. The van der Waals surface area contributed by atoms with E-state index in [2.05, 4.69) is 136 Å². The molecule has 0 saturated heterocycles. The minimum atomic E-state index is -0.0915. The lowest BCUT2D eigenvalue weighted by Crippen LogP contribution is -2.17. The third kappa shape index (κ3) is 2.90. The second kappa shape index (κ2) is 7.75. The van der Waals surface area contributed by atoms with Gasteiger partial charge in [0.2, 0.25) is 0 Å². The summed E-state index contributed by atoms with van der Waals surface area (Å²) in [5, 5.41) is 9.13. The first kappa shape index (κ1) is 23.5. The summed E-state index contributed by atoms with van der Waals surface area (Å²) >= 11 is 1.84. The van der Waals surface area contributed by atoms with Crippen LogP contribution in [0, 0.1) is 0 Å². The topological polar surface area (TPSA) is 0 Å². The lowest BCUT2D eigenvalue weighted by atomic mass is 9.78. The van der Waals surface area contributed by atoms with Crippen LogP contribution in [0.1, 0.15) is 49.9 Å². The lowest BCUT2D eigenvalue weighted by molar-refractivity contribution is 0.654. The molecule has 0 fully saturated rings. The summed E-state index contributed by atoms with van der Waals surface area (Å²) in [5.41, 5.74) is 13.9. The highest BCUT2D eigenvalue weighted by atomic mass is 32.1. The van der Waals surface area contributed by atoms with E-state index in [4.69, 9.17) is 0 Å². The maximum absolute atomic E-state index is 2.55. The summed E-state index contributed by atoms with van der Waals surface area (Å²) in [5.74, 6) is 0. The molecular formula is C40H30S. The Morgan fingerprint density at radius 3 is 1.83 bits per heavy atom. The van der Waals surface area contributed by atoms with Gasteiger partial charge >= 0.3 is 0 Å². The molecular weight excluding hydrogens is 513 g/mol. The summed E-state index contributed by atoms with van der Waals surface area (Å²) in [6, 6.07) is 39.1. The number of hydrogen-bond donors (Lipinski definition) is 0. The molecule has 2 aliphatic rings. The number of fused-ring (bicyclic) bond motifs is 12. The minimum Gasteiger partial charge on any atom is -0.143 e. The predicted molar refractivity (Wildman–Crippen MR) is 177 cm³/mol. The largest absolute Gasteiger partial charge is 0.143 e. The van der Waals surface area contributed by atoms with E-state index in [9.17, 15) is 0 Å². The number of hydrogen-bond acceptors (Lipinski definition) is 1. The van der Waals surface area contributed by atoms with Crippen molar-refractivity contribution in [1.29, 1.82) is 0 Å². The fourth-order valence-corrected chi connectivity index (χ4v) is 9.05. The molecule has 0 unspecified atom stereocenters. The van der Waals surface area contributed by atoms with Gasteiger partial charge in [0.1, 0.15) is 0 Å². The molecule has 41 heavy (non-hydrogen) atoms. The quantitative estimate of drug-likeness (QED) is 0.181. The molecule has 9 rings (SSSR count). The van der Waals surface area contributed by atoms with E-state index in [1.165, 1.54) is 87.3 Å². The average molecular weight is 543 g/mol. The molecule has 0 N–H and O–H groups in total. The van der Waals surface area contributed by atoms with Crippen LogP contribution in [0.25, 0.3) is 65.0 Å². The van der Waals surface area contributed by atoms with Crippen molar-refractivity contribution in [1.82, 2.24) is 0 Å². The van der Waals surface area contributed by atoms with Crippen LogP contribution in [0.4, 0.5) is 0 Å². The van der Waals surface area contributed by atoms with Gasteiger partial charge in [0.05, 0.1) is 0 Å². The summed E-state index contributed by atoms with van der Waals surface area (Å²) in [6.45, 7) is 9.69. The van der Waals surface area contributed by atoms with Crippen LogP contribution in [-0.2, 0) is 10.8 Å². The van der Waals surface area contributed by atoms with Crippen molar-refractivity contribution in [2.75, 3.05) is 0 Å².